The Balaban J connectivity index is 1.56. The summed E-state index contributed by atoms with van der Waals surface area (Å²) in [5.41, 5.74) is 3.35. The first-order chi connectivity index (χ1) is 12.2. The van der Waals surface area contributed by atoms with Gasteiger partial charge in [0.05, 0.1) is 12.7 Å². The molecule has 0 spiro atoms. The third kappa shape index (κ3) is 4.20. The molecule has 0 saturated carbocycles. The van der Waals surface area contributed by atoms with Gasteiger partial charge in [-0.1, -0.05) is 43.3 Å². The fourth-order valence-corrected chi connectivity index (χ4v) is 3.24. The van der Waals surface area contributed by atoms with Crippen LogP contribution >= 0.6 is 0 Å². The molecule has 0 unspecified atom stereocenters. The minimum atomic E-state index is 0.0596. The summed E-state index contributed by atoms with van der Waals surface area (Å²) < 4.78 is 5.32. The van der Waals surface area contributed by atoms with Gasteiger partial charge in [-0.2, -0.15) is 0 Å². The molecule has 4 heteroatoms. The van der Waals surface area contributed by atoms with E-state index in [0.29, 0.717) is 11.3 Å². The fraction of sp³-hybridized carbons (Fsp3) is 0.381. The van der Waals surface area contributed by atoms with Gasteiger partial charge in [0.15, 0.2) is 0 Å². The molecule has 0 bridgehead atoms. The number of aryl methyl sites for hydroxylation is 1. The summed E-state index contributed by atoms with van der Waals surface area (Å²) in [6.45, 7) is 6.42. The van der Waals surface area contributed by atoms with Gasteiger partial charge in [-0.3, -0.25) is 9.69 Å². The first-order valence-electron chi connectivity index (χ1n) is 8.93. The van der Waals surface area contributed by atoms with E-state index in [4.69, 9.17) is 4.74 Å². The van der Waals surface area contributed by atoms with Gasteiger partial charge in [0.1, 0.15) is 5.75 Å². The van der Waals surface area contributed by atoms with Crippen LogP contribution in [0.2, 0.25) is 0 Å². The third-order valence-corrected chi connectivity index (χ3v) is 4.83. The average Bonchev–Trinajstić information content (AvgIpc) is 2.68. The van der Waals surface area contributed by atoms with E-state index in [1.807, 2.05) is 29.2 Å². The molecule has 0 aliphatic carbocycles. The zero-order valence-corrected chi connectivity index (χ0v) is 15.1. The minimum Gasteiger partial charge on any atom is -0.496 e. The van der Waals surface area contributed by atoms with Crippen molar-refractivity contribution in [2.75, 3.05) is 33.3 Å². The molecule has 1 aliphatic rings. The lowest BCUT2D eigenvalue weighted by atomic mass is 10.1. The van der Waals surface area contributed by atoms with Crippen molar-refractivity contribution < 1.29 is 9.53 Å². The van der Waals surface area contributed by atoms with Gasteiger partial charge in [-0.05, 0) is 29.7 Å². The van der Waals surface area contributed by atoms with E-state index in [-0.39, 0.29) is 5.91 Å². The molecule has 1 heterocycles. The standard InChI is InChI=1S/C21H26N2O2/c1-3-17-8-10-18(11-9-17)16-22-12-14-23(15-13-22)21(24)19-6-4-5-7-20(19)25-2/h4-11H,3,12-16H2,1-2H3. The van der Waals surface area contributed by atoms with Crippen molar-refractivity contribution in [3.8, 4) is 5.75 Å². The maximum Gasteiger partial charge on any atom is 0.257 e. The normalized spacial score (nSPS) is 15.2. The second-order valence-corrected chi connectivity index (χ2v) is 6.44. The number of benzene rings is 2. The molecule has 132 valence electrons. The molecular weight excluding hydrogens is 312 g/mol. The second-order valence-electron chi connectivity index (χ2n) is 6.44. The Morgan fingerprint density at radius 3 is 2.24 bits per heavy atom. The van der Waals surface area contributed by atoms with E-state index in [2.05, 4.69) is 36.1 Å². The van der Waals surface area contributed by atoms with Crippen molar-refractivity contribution in [2.45, 2.75) is 19.9 Å². The van der Waals surface area contributed by atoms with Crippen LogP contribution in [-0.4, -0.2) is 49.0 Å². The number of carbonyl (C=O) groups is 1. The number of methoxy groups -OCH3 is 1. The van der Waals surface area contributed by atoms with E-state index in [1.165, 1.54) is 11.1 Å². The lowest BCUT2D eigenvalue weighted by Crippen LogP contribution is -2.48. The smallest absolute Gasteiger partial charge is 0.257 e. The minimum absolute atomic E-state index is 0.0596. The Morgan fingerprint density at radius 1 is 0.960 bits per heavy atom. The predicted octanol–water partition coefficient (Wildman–Crippen LogP) is 3.22. The molecule has 1 saturated heterocycles. The van der Waals surface area contributed by atoms with Crippen molar-refractivity contribution in [3.63, 3.8) is 0 Å². The topological polar surface area (TPSA) is 32.8 Å². The summed E-state index contributed by atoms with van der Waals surface area (Å²) in [5, 5.41) is 0. The van der Waals surface area contributed by atoms with Gasteiger partial charge in [-0.25, -0.2) is 0 Å². The predicted molar refractivity (Wildman–Crippen MR) is 100.0 cm³/mol. The zero-order valence-electron chi connectivity index (χ0n) is 15.1. The van der Waals surface area contributed by atoms with Crippen molar-refractivity contribution in [3.05, 3.63) is 65.2 Å². The number of carbonyl (C=O) groups excluding carboxylic acids is 1. The Hall–Kier alpha value is -2.33. The van der Waals surface area contributed by atoms with Crippen molar-refractivity contribution in [1.82, 2.24) is 9.80 Å². The summed E-state index contributed by atoms with van der Waals surface area (Å²) in [6, 6.07) is 16.3. The highest BCUT2D eigenvalue weighted by Gasteiger charge is 2.24. The summed E-state index contributed by atoms with van der Waals surface area (Å²) in [6.07, 6.45) is 1.07. The van der Waals surface area contributed by atoms with Crippen molar-refractivity contribution in [2.24, 2.45) is 0 Å². The molecule has 0 N–H and O–H groups in total. The first kappa shape index (κ1) is 17.5. The molecule has 0 aromatic heterocycles. The number of hydrogen-bond acceptors (Lipinski definition) is 3. The summed E-state index contributed by atoms with van der Waals surface area (Å²) in [4.78, 5) is 17.1. The monoisotopic (exact) mass is 338 g/mol. The first-order valence-corrected chi connectivity index (χ1v) is 8.93. The SMILES string of the molecule is CCc1ccc(CN2CCN(C(=O)c3ccccc3OC)CC2)cc1. The highest BCUT2D eigenvalue weighted by Crippen LogP contribution is 2.20. The molecule has 0 radical (unpaired) electrons. The Labute approximate surface area is 150 Å². The molecule has 2 aromatic carbocycles. The quantitative estimate of drug-likeness (QED) is 0.839. The van der Waals surface area contributed by atoms with Gasteiger partial charge in [-0.15, -0.1) is 0 Å². The molecule has 25 heavy (non-hydrogen) atoms. The largest absolute Gasteiger partial charge is 0.496 e. The lowest BCUT2D eigenvalue weighted by molar-refractivity contribution is 0.0625. The maximum absolute atomic E-state index is 12.7. The number of rotatable bonds is 5. The van der Waals surface area contributed by atoms with E-state index < -0.39 is 0 Å². The van der Waals surface area contributed by atoms with Crippen LogP contribution in [0.4, 0.5) is 0 Å². The molecule has 1 aliphatic heterocycles. The van der Waals surface area contributed by atoms with Crippen LogP contribution in [0.1, 0.15) is 28.4 Å². The highest BCUT2D eigenvalue weighted by molar-refractivity contribution is 5.97. The van der Waals surface area contributed by atoms with Gasteiger partial charge >= 0.3 is 0 Å². The molecule has 1 fully saturated rings. The van der Waals surface area contributed by atoms with Crippen LogP contribution in [-0.2, 0) is 13.0 Å². The summed E-state index contributed by atoms with van der Waals surface area (Å²) in [7, 11) is 1.61. The second kappa shape index (κ2) is 8.17. The van der Waals surface area contributed by atoms with Crippen LogP contribution in [0.15, 0.2) is 48.5 Å². The van der Waals surface area contributed by atoms with Gasteiger partial charge < -0.3 is 9.64 Å². The highest BCUT2D eigenvalue weighted by atomic mass is 16.5. The molecule has 3 rings (SSSR count). The number of hydrogen-bond donors (Lipinski definition) is 0. The average molecular weight is 338 g/mol. The number of piperazine rings is 1. The van der Waals surface area contributed by atoms with E-state index in [1.54, 1.807) is 7.11 Å². The third-order valence-electron chi connectivity index (χ3n) is 4.83. The van der Waals surface area contributed by atoms with Crippen molar-refractivity contribution in [1.29, 1.82) is 0 Å². The van der Waals surface area contributed by atoms with Gasteiger partial charge in [0, 0.05) is 32.7 Å². The summed E-state index contributed by atoms with van der Waals surface area (Å²) in [5.74, 6) is 0.704. The molecule has 1 amide bonds. The van der Waals surface area contributed by atoms with E-state index >= 15 is 0 Å². The van der Waals surface area contributed by atoms with Crippen LogP contribution in [0, 0.1) is 0 Å². The zero-order chi connectivity index (χ0) is 17.6. The lowest BCUT2D eigenvalue weighted by Gasteiger charge is -2.35. The van der Waals surface area contributed by atoms with Crippen LogP contribution in [0.3, 0.4) is 0 Å². The number of amides is 1. The number of nitrogens with zero attached hydrogens (tertiary/aromatic N) is 2. The number of para-hydroxylation sites is 1. The van der Waals surface area contributed by atoms with Crippen LogP contribution < -0.4 is 4.74 Å². The van der Waals surface area contributed by atoms with E-state index in [0.717, 1.165) is 39.1 Å². The fourth-order valence-electron chi connectivity index (χ4n) is 3.24. The Bertz CT molecular complexity index is 704. The summed E-state index contributed by atoms with van der Waals surface area (Å²) >= 11 is 0. The molecular formula is C21H26N2O2. The van der Waals surface area contributed by atoms with Gasteiger partial charge in [0.2, 0.25) is 0 Å². The molecule has 0 atom stereocenters. The Kier molecular flexibility index (Phi) is 5.71. The van der Waals surface area contributed by atoms with E-state index in [9.17, 15) is 4.79 Å². The number of ether oxygens (including phenoxy) is 1. The van der Waals surface area contributed by atoms with Crippen LogP contribution in [0.5, 0.6) is 5.75 Å². The molecule has 4 nitrogen and oxygen atoms in total. The van der Waals surface area contributed by atoms with Crippen LogP contribution in [0.25, 0.3) is 0 Å². The van der Waals surface area contributed by atoms with Crippen molar-refractivity contribution >= 4 is 5.91 Å². The van der Waals surface area contributed by atoms with Gasteiger partial charge in [0.25, 0.3) is 5.91 Å². The maximum atomic E-state index is 12.7. The Morgan fingerprint density at radius 2 is 1.60 bits per heavy atom. The molecule has 2 aromatic rings.